The highest BCUT2D eigenvalue weighted by Gasteiger charge is 2.27. The lowest BCUT2D eigenvalue weighted by molar-refractivity contribution is -0.106. The summed E-state index contributed by atoms with van der Waals surface area (Å²) in [4.78, 5) is 17.8. The van der Waals surface area contributed by atoms with Crippen molar-refractivity contribution in [2.75, 3.05) is 31.7 Å². The molecule has 9 nitrogen and oxygen atoms in total. The normalized spacial score (nSPS) is 15.3. The lowest BCUT2D eigenvalue weighted by Crippen LogP contribution is -2.32. The van der Waals surface area contributed by atoms with Gasteiger partial charge in [0.15, 0.2) is 0 Å². The Hall–Kier alpha value is -3.01. The van der Waals surface area contributed by atoms with Gasteiger partial charge in [-0.05, 0) is 72.8 Å². The molecule has 1 aromatic carbocycles. The van der Waals surface area contributed by atoms with Crippen LogP contribution in [0, 0.1) is 18.7 Å². The molecule has 1 amide bonds. The van der Waals surface area contributed by atoms with E-state index in [0.29, 0.717) is 30.2 Å². The number of ether oxygens (including phenoxy) is 1. The van der Waals surface area contributed by atoms with E-state index in [1.807, 2.05) is 0 Å². The van der Waals surface area contributed by atoms with Crippen molar-refractivity contribution in [1.82, 2.24) is 15.6 Å². The highest BCUT2D eigenvalue weighted by molar-refractivity contribution is 6.18. The van der Waals surface area contributed by atoms with Crippen LogP contribution in [0.2, 0.25) is 0 Å². The van der Waals surface area contributed by atoms with Crippen molar-refractivity contribution in [2.24, 2.45) is 11.1 Å². The molecular weight excluding hydrogens is 369 g/mol. The van der Waals surface area contributed by atoms with Crippen LogP contribution in [0.25, 0.3) is 0 Å². The number of hydrogen-bond donors (Lipinski definition) is 1. The zero-order valence-electron chi connectivity index (χ0n) is 15.7. The van der Waals surface area contributed by atoms with Gasteiger partial charge in [-0.25, -0.2) is 9.02 Å². The van der Waals surface area contributed by atoms with Crippen molar-refractivity contribution >= 4 is 17.9 Å². The topological polar surface area (TPSA) is 102 Å². The maximum atomic E-state index is 13.6. The van der Waals surface area contributed by atoms with Crippen LogP contribution in [-0.2, 0) is 9.63 Å². The molecule has 1 saturated heterocycles. The number of carbonyl (C=O) groups is 1. The van der Waals surface area contributed by atoms with Crippen molar-refractivity contribution in [2.45, 2.75) is 19.8 Å². The molecular formula is C18H22FN5O4. The molecule has 0 atom stereocenters. The van der Waals surface area contributed by atoms with E-state index in [1.165, 1.54) is 25.3 Å². The standard InChI is InChI=1S/C18H22FN5O4/c1-12-9-14(3-4-15(12)19)24(11-25)17(22-26-2)16-18(23-28-21-16)27-10-13-5-7-20-8-6-13/h3-4,9,11,13,20H,5-8,10H2,1-2H3/b22-17-. The molecule has 10 heteroatoms. The first-order chi connectivity index (χ1) is 13.6. The third-order valence-corrected chi connectivity index (χ3v) is 4.52. The fourth-order valence-corrected chi connectivity index (χ4v) is 2.96. The van der Waals surface area contributed by atoms with Gasteiger partial charge >= 0.3 is 0 Å². The smallest absolute Gasteiger partial charge is 0.287 e. The summed E-state index contributed by atoms with van der Waals surface area (Å²) in [5.41, 5.74) is 0.878. The number of piperidine rings is 1. The number of amides is 1. The number of aromatic nitrogens is 2. The Morgan fingerprint density at radius 1 is 1.43 bits per heavy atom. The van der Waals surface area contributed by atoms with Gasteiger partial charge in [0, 0.05) is 0 Å². The molecule has 1 fully saturated rings. The van der Waals surface area contributed by atoms with Crippen molar-refractivity contribution in [3.05, 3.63) is 35.3 Å². The molecule has 0 unspecified atom stereocenters. The molecule has 0 radical (unpaired) electrons. The van der Waals surface area contributed by atoms with E-state index >= 15 is 0 Å². The van der Waals surface area contributed by atoms with Crippen molar-refractivity contribution in [3.63, 3.8) is 0 Å². The predicted molar refractivity (Wildman–Crippen MR) is 98.6 cm³/mol. The highest BCUT2D eigenvalue weighted by atomic mass is 19.1. The fourth-order valence-electron chi connectivity index (χ4n) is 2.96. The molecule has 1 aliphatic rings. The zero-order valence-corrected chi connectivity index (χ0v) is 15.7. The van der Waals surface area contributed by atoms with Crippen LogP contribution in [0.5, 0.6) is 5.88 Å². The maximum absolute atomic E-state index is 13.6. The van der Waals surface area contributed by atoms with Crippen LogP contribution in [0.4, 0.5) is 10.1 Å². The summed E-state index contributed by atoms with van der Waals surface area (Å²) in [6.07, 6.45) is 2.51. The van der Waals surface area contributed by atoms with Crippen LogP contribution in [0.1, 0.15) is 24.1 Å². The Morgan fingerprint density at radius 2 is 2.21 bits per heavy atom. The maximum Gasteiger partial charge on any atom is 0.287 e. The number of aryl methyl sites for hydroxylation is 1. The predicted octanol–water partition coefficient (Wildman–Crippen LogP) is 1.87. The number of rotatable bonds is 7. The second-order valence-corrected chi connectivity index (χ2v) is 6.43. The number of benzene rings is 1. The number of carbonyl (C=O) groups excluding carboxylic acids is 1. The molecule has 1 aromatic heterocycles. The summed E-state index contributed by atoms with van der Waals surface area (Å²) in [5.74, 6) is 0.134. The van der Waals surface area contributed by atoms with Crippen molar-refractivity contribution in [3.8, 4) is 5.88 Å². The molecule has 2 heterocycles. The van der Waals surface area contributed by atoms with E-state index in [-0.39, 0.29) is 23.2 Å². The minimum Gasteiger partial charge on any atom is -0.474 e. The average Bonchev–Trinajstić information content (AvgIpc) is 3.18. The summed E-state index contributed by atoms with van der Waals surface area (Å²) in [5, 5.41) is 14.8. The van der Waals surface area contributed by atoms with E-state index < -0.39 is 0 Å². The van der Waals surface area contributed by atoms with E-state index in [1.54, 1.807) is 6.92 Å². The molecule has 3 rings (SSSR count). The van der Waals surface area contributed by atoms with E-state index in [2.05, 4.69) is 20.8 Å². The Labute approximate surface area is 161 Å². The van der Waals surface area contributed by atoms with E-state index in [0.717, 1.165) is 30.8 Å². The van der Waals surface area contributed by atoms with Gasteiger partial charge in [0.25, 0.3) is 5.88 Å². The summed E-state index contributed by atoms with van der Waals surface area (Å²) in [6, 6.07) is 4.23. The third-order valence-electron chi connectivity index (χ3n) is 4.52. The largest absolute Gasteiger partial charge is 0.474 e. The van der Waals surface area contributed by atoms with Gasteiger partial charge in [-0.1, -0.05) is 5.16 Å². The molecule has 0 saturated carbocycles. The monoisotopic (exact) mass is 391 g/mol. The van der Waals surface area contributed by atoms with Gasteiger partial charge in [0.2, 0.25) is 17.9 Å². The van der Waals surface area contributed by atoms with Crippen LogP contribution >= 0.6 is 0 Å². The Kier molecular flexibility index (Phi) is 6.53. The minimum absolute atomic E-state index is 0.0186. The van der Waals surface area contributed by atoms with Gasteiger partial charge in [0.1, 0.15) is 12.9 Å². The van der Waals surface area contributed by atoms with Crippen LogP contribution in [-0.4, -0.2) is 49.4 Å². The van der Waals surface area contributed by atoms with Crippen LogP contribution < -0.4 is 15.0 Å². The summed E-state index contributed by atoms with van der Waals surface area (Å²) >= 11 is 0. The lowest BCUT2D eigenvalue weighted by atomic mass is 9.99. The molecule has 0 spiro atoms. The first kappa shape index (κ1) is 19.7. The number of halogens is 1. The number of nitrogens with one attached hydrogen (secondary N) is 1. The molecule has 150 valence electrons. The van der Waals surface area contributed by atoms with Crippen molar-refractivity contribution in [1.29, 1.82) is 0 Å². The summed E-state index contributed by atoms with van der Waals surface area (Å²) in [6.45, 7) is 3.93. The van der Waals surface area contributed by atoms with Crippen molar-refractivity contribution < 1.29 is 23.4 Å². The molecule has 1 N–H and O–H groups in total. The number of oxime groups is 1. The minimum atomic E-state index is -0.381. The quantitative estimate of drug-likeness (QED) is 0.333. The van der Waals surface area contributed by atoms with E-state index in [9.17, 15) is 9.18 Å². The average molecular weight is 391 g/mol. The number of amidine groups is 1. The van der Waals surface area contributed by atoms with Gasteiger partial charge in [-0.2, -0.15) is 0 Å². The van der Waals surface area contributed by atoms with Crippen LogP contribution in [0.3, 0.4) is 0 Å². The first-order valence-electron chi connectivity index (χ1n) is 8.92. The van der Waals surface area contributed by atoms with Gasteiger partial charge in [-0.15, -0.1) is 0 Å². The second kappa shape index (κ2) is 9.27. The summed E-state index contributed by atoms with van der Waals surface area (Å²) in [7, 11) is 1.34. The van der Waals surface area contributed by atoms with Gasteiger partial charge < -0.3 is 14.9 Å². The summed E-state index contributed by atoms with van der Waals surface area (Å²) < 4.78 is 24.2. The highest BCUT2D eigenvalue weighted by Crippen LogP contribution is 2.24. The SMILES string of the molecule is CO/N=C(/c1nonc1OCC1CCNCC1)N(C=O)c1ccc(F)c(C)c1. The van der Waals surface area contributed by atoms with Gasteiger partial charge in [-0.3, -0.25) is 9.69 Å². The Bertz CT molecular complexity index is 835. The van der Waals surface area contributed by atoms with Gasteiger partial charge in [0.05, 0.1) is 12.3 Å². The Balaban J connectivity index is 1.85. The number of nitrogens with zero attached hydrogens (tertiary/aromatic N) is 4. The number of anilines is 1. The molecule has 1 aliphatic heterocycles. The molecule has 28 heavy (non-hydrogen) atoms. The molecule has 0 aliphatic carbocycles. The first-order valence-corrected chi connectivity index (χ1v) is 8.92. The Morgan fingerprint density at radius 3 is 2.89 bits per heavy atom. The van der Waals surface area contributed by atoms with Crippen LogP contribution in [0.15, 0.2) is 28.0 Å². The van der Waals surface area contributed by atoms with E-state index in [4.69, 9.17) is 14.2 Å². The fraction of sp³-hybridized carbons (Fsp3) is 0.444. The molecule has 0 bridgehead atoms. The lowest BCUT2D eigenvalue weighted by Gasteiger charge is -2.22. The number of hydrogen-bond acceptors (Lipinski definition) is 8. The third kappa shape index (κ3) is 4.45. The second-order valence-electron chi connectivity index (χ2n) is 6.43. The zero-order chi connectivity index (χ0) is 19.9. The molecule has 2 aromatic rings.